The first-order valence-corrected chi connectivity index (χ1v) is 7.02. The van der Waals surface area contributed by atoms with Crippen molar-refractivity contribution in [2.45, 2.75) is 6.92 Å². The van der Waals surface area contributed by atoms with Crippen LogP contribution in [0.1, 0.15) is 5.56 Å². The molecule has 1 heterocycles. The molecule has 0 aliphatic carbocycles. The zero-order chi connectivity index (χ0) is 14.1. The van der Waals surface area contributed by atoms with Crippen molar-refractivity contribution in [2.75, 3.05) is 5.73 Å². The summed E-state index contributed by atoms with van der Waals surface area (Å²) in [5.74, 6) is 1.10. The van der Waals surface area contributed by atoms with Crippen molar-refractivity contribution in [3.8, 4) is 22.5 Å². The van der Waals surface area contributed by atoms with Gasteiger partial charge in [0.2, 0.25) is 0 Å². The third-order valence-corrected chi connectivity index (χ3v) is 3.61. The first-order valence-electron chi connectivity index (χ1n) is 6.23. The lowest BCUT2D eigenvalue weighted by molar-refractivity contribution is 0.436. The van der Waals surface area contributed by atoms with Crippen molar-refractivity contribution in [1.29, 1.82) is 0 Å². The predicted molar refractivity (Wildman–Crippen MR) is 84.2 cm³/mol. The van der Waals surface area contributed by atoms with Crippen LogP contribution >= 0.6 is 15.9 Å². The van der Waals surface area contributed by atoms with E-state index >= 15 is 0 Å². The molecule has 4 heteroatoms. The summed E-state index contributed by atoms with van der Waals surface area (Å²) in [4.78, 5) is 0. The molecule has 20 heavy (non-hydrogen) atoms. The monoisotopic (exact) mass is 328 g/mol. The molecule has 3 rings (SSSR count). The topological polar surface area (TPSA) is 52.0 Å². The van der Waals surface area contributed by atoms with E-state index in [0.29, 0.717) is 11.6 Å². The fraction of sp³-hybridized carbons (Fsp3) is 0.0625. The summed E-state index contributed by atoms with van der Waals surface area (Å²) in [5, 5.41) is 3.92. The third kappa shape index (κ3) is 2.34. The molecule has 3 aromatic rings. The number of anilines is 1. The molecule has 0 saturated heterocycles. The summed E-state index contributed by atoms with van der Waals surface area (Å²) in [6.45, 7) is 2.05. The van der Waals surface area contributed by atoms with Crippen LogP contribution < -0.4 is 5.73 Å². The molecule has 0 radical (unpaired) electrons. The van der Waals surface area contributed by atoms with Gasteiger partial charge in [-0.25, -0.2) is 0 Å². The molecule has 0 aliphatic rings. The number of aromatic nitrogens is 1. The van der Waals surface area contributed by atoms with Crippen molar-refractivity contribution in [2.24, 2.45) is 0 Å². The molecule has 1 aromatic heterocycles. The second kappa shape index (κ2) is 5.13. The minimum Gasteiger partial charge on any atom is -0.380 e. The quantitative estimate of drug-likeness (QED) is 0.744. The van der Waals surface area contributed by atoms with Gasteiger partial charge in [0.25, 0.3) is 0 Å². The molecular weight excluding hydrogens is 316 g/mol. The molecule has 0 saturated carbocycles. The number of benzene rings is 2. The Kier molecular flexibility index (Phi) is 3.32. The third-order valence-electron chi connectivity index (χ3n) is 3.11. The largest absolute Gasteiger partial charge is 0.380 e. The summed E-state index contributed by atoms with van der Waals surface area (Å²) in [6.07, 6.45) is 0. The summed E-state index contributed by atoms with van der Waals surface area (Å²) >= 11 is 3.47. The molecule has 0 aliphatic heterocycles. The lowest BCUT2D eigenvalue weighted by atomic mass is 10.0. The van der Waals surface area contributed by atoms with Crippen LogP contribution in [0.5, 0.6) is 0 Å². The van der Waals surface area contributed by atoms with Gasteiger partial charge in [-0.1, -0.05) is 63.0 Å². The average molecular weight is 329 g/mol. The first kappa shape index (κ1) is 12.9. The van der Waals surface area contributed by atoms with E-state index in [1.165, 1.54) is 5.56 Å². The SMILES string of the molecule is Cc1cccc(-c2c(N)noc2-c2cccc(Br)c2)c1. The van der Waals surface area contributed by atoms with Gasteiger partial charge >= 0.3 is 0 Å². The van der Waals surface area contributed by atoms with Crippen molar-refractivity contribution in [3.63, 3.8) is 0 Å². The molecule has 2 N–H and O–H groups in total. The highest BCUT2D eigenvalue weighted by Gasteiger charge is 2.17. The van der Waals surface area contributed by atoms with E-state index in [-0.39, 0.29) is 0 Å². The minimum absolute atomic E-state index is 0.408. The summed E-state index contributed by atoms with van der Waals surface area (Å²) in [6, 6.07) is 16.0. The number of hydrogen-bond donors (Lipinski definition) is 1. The van der Waals surface area contributed by atoms with E-state index in [9.17, 15) is 0 Å². The van der Waals surface area contributed by atoms with E-state index in [4.69, 9.17) is 10.3 Å². The Morgan fingerprint density at radius 2 is 1.80 bits per heavy atom. The van der Waals surface area contributed by atoms with Crippen molar-refractivity contribution in [3.05, 3.63) is 58.6 Å². The van der Waals surface area contributed by atoms with Gasteiger partial charge in [-0.3, -0.25) is 0 Å². The van der Waals surface area contributed by atoms with Gasteiger partial charge in [0, 0.05) is 10.0 Å². The molecule has 0 amide bonds. The highest BCUT2D eigenvalue weighted by molar-refractivity contribution is 9.10. The zero-order valence-corrected chi connectivity index (χ0v) is 12.5. The maximum Gasteiger partial charge on any atom is 0.176 e. The zero-order valence-electron chi connectivity index (χ0n) is 10.9. The smallest absolute Gasteiger partial charge is 0.176 e. The molecule has 0 unspecified atom stereocenters. The molecule has 3 nitrogen and oxygen atoms in total. The lowest BCUT2D eigenvalue weighted by Crippen LogP contribution is -1.89. The molecule has 2 aromatic carbocycles. The van der Waals surface area contributed by atoms with Crippen molar-refractivity contribution in [1.82, 2.24) is 5.16 Å². The van der Waals surface area contributed by atoms with Crippen LogP contribution in [0.25, 0.3) is 22.5 Å². The Labute approximate surface area is 125 Å². The Hall–Kier alpha value is -2.07. The van der Waals surface area contributed by atoms with Crippen LogP contribution in [-0.2, 0) is 0 Å². The number of rotatable bonds is 2. The van der Waals surface area contributed by atoms with Crippen molar-refractivity contribution >= 4 is 21.7 Å². The van der Waals surface area contributed by atoms with Crippen LogP contribution in [0.2, 0.25) is 0 Å². The summed E-state index contributed by atoms with van der Waals surface area (Å²) in [7, 11) is 0. The average Bonchev–Trinajstić information content (AvgIpc) is 2.80. The Bertz CT molecular complexity index is 765. The Balaban J connectivity index is 2.20. The first-order chi connectivity index (χ1) is 9.65. The van der Waals surface area contributed by atoms with Gasteiger partial charge in [-0.15, -0.1) is 0 Å². The van der Waals surface area contributed by atoms with Gasteiger partial charge in [-0.05, 0) is 24.6 Å². The fourth-order valence-electron chi connectivity index (χ4n) is 2.21. The van der Waals surface area contributed by atoms with E-state index < -0.39 is 0 Å². The Morgan fingerprint density at radius 1 is 1.05 bits per heavy atom. The predicted octanol–water partition coefficient (Wildman–Crippen LogP) is 4.66. The lowest BCUT2D eigenvalue weighted by Gasteiger charge is -2.04. The normalized spacial score (nSPS) is 10.7. The molecule has 0 fully saturated rings. The maximum absolute atomic E-state index is 5.98. The van der Waals surface area contributed by atoms with Gasteiger partial charge in [0.05, 0.1) is 5.56 Å². The number of hydrogen-bond acceptors (Lipinski definition) is 3. The van der Waals surface area contributed by atoms with Gasteiger partial charge in [-0.2, -0.15) is 0 Å². The molecule has 0 bridgehead atoms. The van der Waals surface area contributed by atoms with E-state index in [0.717, 1.165) is 21.2 Å². The summed E-state index contributed by atoms with van der Waals surface area (Å²) < 4.78 is 6.42. The standard InChI is InChI=1S/C16H13BrN2O/c1-10-4-2-5-11(8-10)14-15(20-19-16(14)18)12-6-3-7-13(17)9-12/h2-9H,1H3,(H2,18,19). The number of nitrogen functional groups attached to an aromatic ring is 1. The fourth-order valence-corrected chi connectivity index (χ4v) is 2.61. The van der Waals surface area contributed by atoms with Gasteiger partial charge in [0.1, 0.15) is 0 Å². The van der Waals surface area contributed by atoms with Crippen molar-refractivity contribution < 1.29 is 4.52 Å². The maximum atomic E-state index is 5.98. The molecule has 0 spiro atoms. The van der Waals surface area contributed by atoms with Crippen LogP contribution in [0.3, 0.4) is 0 Å². The number of nitrogens with two attached hydrogens (primary N) is 1. The second-order valence-corrected chi connectivity index (χ2v) is 5.57. The van der Waals surface area contributed by atoms with Crippen LogP contribution in [0, 0.1) is 6.92 Å². The van der Waals surface area contributed by atoms with E-state index in [2.05, 4.69) is 27.2 Å². The Morgan fingerprint density at radius 3 is 2.55 bits per heavy atom. The van der Waals surface area contributed by atoms with E-state index in [1.54, 1.807) is 0 Å². The van der Waals surface area contributed by atoms with Crippen LogP contribution in [0.4, 0.5) is 5.82 Å². The molecule has 100 valence electrons. The molecule has 0 atom stereocenters. The number of nitrogens with zero attached hydrogens (tertiary/aromatic N) is 1. The second-order valence-electron chi connectivity index (χ2n) is 4.65. The van der Waals surface area contributed by atoms with Gasteiger partial charge in [0.15, 0.2) is 11.6 Å². The van der Waals surface area contributed by atoms with Crippen LogP contribution in [-0.4, -0.2) is 5.16 Å². The van der Waals surface area contributed by atoms with Crippen LogP contribution in [0.15, 0.2) is 57.5 Å². The number of aryl methyl sites for hydroxylation is 1. The number of halogens is 1. The highest BCUT2D eigenvalue weighted by Crippen LogP contribution is 2.37. The van der Waals surface area contributed by atoms with Gasteiger partial charge < -0.3 is 10.3 Å². The highest BCUT2D eigenvalue weighted by atomic mass is 79.9. The van der Waals surface area contributed by atoms with E-state index in [1.807, 2.05) is 49.4 Å². The molecular formula is C16H13BrN2O. The minimum atomic E-state index is 0.408. The summed E-state index contributed by atoms with van der Waals surface area (Å²) in [5.41, 5.74) is 9.95.